The Morgan fingerprint density at radius 2 is 1.06 bits per heavy atom. The number of fused-ring (bicyclic) bond motifs is 3. The number of aromatic nitrogens is 6. The average Bonchev–Trinajstić information content (AvgIpc) is 3.54. The molecule has 0 aliphatic carbocycles. The molecule has 6 aromatic carbocycles. The second-order valence-corrected chi connectivity index (χ2v) is 19.2. The summed E-state index contributed by atoms with van der Waals surface area (Å²) in [7, 11) is 1.55. The van der Waals surface area contributed by atoms with E-state index in [0.717, 1.165) is 39.8 Å². The molecule has 0 radical (unpaired) electrons. The van der Waals surface area contributed by atoms with Crippen molar-refractivity contribution in [3.05, 3.63) is 257 Å². The van der Waals surface area contributed by atoms with Crippen LogP contribution in [0.1, 0.15) is 57.1 Å². The third-order valence-corrected chi connectivity index (χ3v) is 14.4. The van der Waals surface area contributed by atoms with Gasteiger partial charge in [0.25, 0.3) is 0 Å². The highest BCUT2D eigenvalue weighted by Gasteiger charge is 2.29. The van der Waals surface area contributed by atoms with Gasteiger partial charge in [-0.05, 0) is 101 Å². The number of hydrogen-bond acceptors (Lipinski definition) is 13. The Bertz CT molecular complexity index is 4270. The molecule has 6 N–H and O–H groups in total. The SMILES string of the molecule is COc1cccc(NC(c2ccc(-c3cc(C(Nc4nccc(-c5cc(F)cc(C(Nc6ccccn6)c6ccc7cccnc7c6O)c5F)c4C)c4ccccc4)c(O)c4ncccc34)cc2)c2ccc3cccnc3c2O)n1. The van der Waals surface area contributed by atoms with Crippen molar-refractivity contribution in [1.82, 2.24) is 29.9 Å². The lowest BCUT2D eigenvalue weighted by atomic mass is 9.89. The average molecular weight is 1060 g/mol. The third kappa shape index (κ3) is 9.57. The van der Waals surface area contributed by atoms with Crippen LogP contribution in [0.25, 0.3) is 55.0 Å². The Morgan fingerprint density at radius 1 is 0.450 bits per heavy atom. The molecule has 0 aliphatic heterocycles. The summed E-state index contributed by atoms with van der Waals surface area (Å²) in [5, 5.41) is 48.3. The van der Waals surface area contributed by atoms with Crippen LogP contribution in [0, 0.1) is 18.6 Å². The van der Waals surface area contributed by atoms with E-state index in [1.807, 2.05) is 109 Å². The molecule has 0 bridgehead atoms. The van der Waals surface area contributed by atoms with Crippen LogP contribution < -0.4 is 20.7 Å². The number of nitrogens with one attached hydrogen (secondary N) is 3. The van der Waals surface area contributed by atoms with Gasteiger partial charge in [-0.15, -0.1) is 0 Å². The predicted octanol–water partition coefficient (Wildman–Crippen LogP) is 14.2. The highest BCUT2D eigenvalue weighted by molar-refractivity contribution is 5.99. The first-order chi connectivity index (χ1) is 39.1. The van der Waals surface area contributed by atoms with Crippen molar-refractivity contribution in [3.8, 4) is 45.4 Å². The van der Waals surface area contributed by atoms with Crippen LogP contribution in [0.2, 0.25) is 0 Å². The molecule has 12 rings (SSSR count). The van der Waals surface area contributed by atoms with Gasteiger partial charge in [-0.25, -0.2) is 18.7 Å². The van der Waals surface area contributed by atoms with Crippen LogP contribution in [0.15, 0.2) is 207 Å². The number of phenols is 3. The number of nitrogens with zero attached hydrogens (tertiary/aromatic N) is 6. The second-order valence-electron chi connectivity index (χ2n) is 19.2. The highest BCUT2D eigenvalue weighted by atomic mass is 19.1. The van der Waals surface area contributed by atoms with Gasteiger partial charge >= 0.3 is 0 Å². The van der Waals surface area contributed by atoms with Gasteiger partial charge in [-0.3, -0.25) is 15.0 Å². The smallest absolute Gasteiger partial charge is 0.214 e. The molecule has 0 aliphatic rings. The van der Waals surface area contributed by atoms with Gasteiger partial charge < -0.3 is 36.0 Å². The van der Waals surface area contributed by atoms with Crippen LogP contribution in [0.3, 0.4) is 0 Å². The zero-order valence-electron chi connectivity index (χ0n) is 43.1. The summed E-state index contributed by atoms with van der Waals surface area (Å²) in [6, 6.07) is 49.7. The number of halogens is 2. The summed E-state index contributed by atoms with van der Waals surface area (Å²) in [4.78, 5) is 27.4. The Hall–Kier alpha value is -10.5. The first kappa shape index (κ1) is 50.3. The van der Waals surface area contributed by atoms with E-state index in [-0.39, 0.29) is 33.9 Å². The predicted molar refractivity (Wildman–Crippen MR) is 308 cm³/mol. The van der Waals surface area contributed by atoms with Crippen molar-refractivity contribution in [1.29, 1.82) is 0 Å². The molecule has 0 fully saturated rings. The third-order valence-electron chi connectivity index (χ3n) is 14.4. The quantitative estimate of drug-likeness (QED) is 0.0571. The molecule has 0 saturated heterocycles. The Morgan fingerprint density at radius 3 is 1.76 bits per heavy atom. The number of ether oxygens (including phenoxy) is 1. The summed E-state index contributed by atoms with van der Waals surface area (Å²) >= 11 is 0. The minimum atomic E-state index is -1.12. The summed E-state index contributed by atoms with van der Waals surface area (Å²) < 4.78 is 39.3. The van der Waals surface area contributed by atoms with Gasteiger partial charge in [0, 0.05) is 81.0 Å². The molecular formula is C65H49F2N9O4. The molecule has 3 unspecified atom stereocenters. The number of hydrogen-bond donors (Lipinski definition) is 6. The summed E-state index contributed by atoms with van der Waals surface area (Å²) in [5.41, 5.74) is 6.31. The second kappa shape index (κ2) is 21.5. The maximum atomic E-state index is 17.7. The van der Waals surface area contributed by atoms with Crippen LogP contribution in [0.4, 0.5) is 26.2 Å². The van der Waals surface area contributed by atoms with Crippen molar-refractivity contribution < 1.29 is 28.8 Å². The Kier molecular flexibility index (Phi) is 13.5. The van der Waals surface area contributed by atoms with Gasteiger partial charge in [-0.1, -0.05) is 109 Å². The lowest BCUT2D eigenvalue weighted by Crippen LogP contribution is -2.17. The lowest BCUT2D eigenvalue weighted by molar-refractivity contribution is 0.398. The molecular weight excluding hydrogens is 1010 g/mol. The lowest BCUT2D eigenvalue weighted by Gasteiger charge is -2.25. The number of benzene rings is 6. The van der Waals surface area contributed by atoms with Crippen LogP contribution in [-0.2, 0) is 0 Å². The van der Waals surface area contributed by atoms with Crippen LogP contribution in [0.5, 0.6) is 23.1 Å². The van der Waals surface area contributed by atoms with Crippen molar-refractivity contribution in [3.63, 3.8) is 0 Å². The molecule has 0 amide bonds. The first-order valence-electron chi connectivity index (χ1n) is 25.7. The highest BCUT2D eigenvalue weighted by Crippen LogP contribution is 2.45. The monoisotopic (exact) mass is 1060 g/mol. The molecule has 392 valence electrons. The Labute approximate surface area is 458 Å². The van der Waals surface area contributed by atoms with Crippen molar-refractivity contribution >= 4 is 50.2 Å². The molecule has 0 spiro atoms. The van der Waals surface area contributed by atoms with Crippen molar-refractivity contribution in [2.24, 2.45) is 0 Å². The van der Waals surface area contributed by atoms with Gasteiger partial charge in [0.1, 0.15) is 62.9 Å². The van der Waals surface area contributed by atoms with E-state index in [9.17, 15) is 15.3 Å². The van der Waals surface area contributed by atoms with Gasteiger partial charge in [-0.2, -0.15) is 4.98 Å². The normalized spacial score (nSPS) is 12.5. The number of methoxy groups -OCH3 is 1. The molecule has 80 heavy (non-hydrogen) atoms. The van der Waals surface area contributed by atoms with Crippen LogP contribution >= 0.6 is 0 Å². The van der Waals surface area contributed by atoms with Crippen LogP contribution in [-0.4, -0.2) is 52.3 Å². The zero-order valence-corrected chi connectivity index (χ0v) is 43.1. The maximum absolute atomic E-state index is 17.7. The largest absolute Gasteiger partial charge is 0.505 e. The number of phenolic OH excluding ortho intramolecular Hbond substituents is 3. The summed E-state index contributed by atoms with van der Waals surface area (Å²) in [5.74, 6) is -0.0100. The standard InChI is InChI=1S/C65H49F2N9O4/c1-37-44(49-34-43(66)35-50(55(49)67)60(74-52-17-6-7-29-68-52)47-27-25-41-15-10-31-70-59(41)63(47)78)28-33-72-65(37)76-57(39-12-4-3-5-13-39)51-36-48(45-16-11-32-71-61(45)64(51)79)38-20-22-42(23-21-38)56(75-53-18-8-19-54(73-53)80-2)46-26-24-40-14-9-30-69-58(40)62(46)77/h3-36,56-57,60,77-79H,1-2H3,(H,68,74)(H,72,76)(H,73,75). The molecule has 3 atom stereocenters. The van der Waals surface area contributed by atoms with E-state index in [1.165, 1.54) is 6.20 Å². The molecule has 0 saturated carbocycles. The molecule has 15 heteroatoms. The summed E-state index contributed by atoms with van der Waals surface area (Å²) in [6.45, 7) is 1.77. The molecule has 13 nitrogen and oxygen atoms in total. The minimum absolute atomic E-state index is 0.0342. The van der Waals surface area contributed by atoms with Crippen molar-refractivity contribution in [2.45, 2.75) is 25.0 Å². The molecule has 12 aromatic rings. The maximum Gasteiger partial charge on any atom is 0.214 e. The molecule has 6 heterocycles. The topological polar surface area (TPSA) is 183 Å². The number of aromatic hydroxyl groups is 3. The van der Waals surface area contributed by atoms with E-state index in [2.05, 4.69) is 35.9 Å². The van der Waals surface area contributed by atoms with E-state index in [4.69, 9.17) is 14.7 Å². The van der Waals surface area contributed by atoms with Gasteiger partial charge in [0.15, 0.2) is 0 Å². The molecule has 6 aromatic heterocycles. The fraction of sp³-hybridized carbons (Fsp3) is 0.0769. The van der Waals surface area contributed by atoms with E-state index in [1.54, 1.807) is 93.4 Å². The summed E-state index contributed by atoms with van der Waals surface area (Å²) in [6.07, 6.45) is 7.93. The zero-order chi connectivity index (χ0) is 54.9. The van der Waals surface area contributed by atoms with E-state index >= 15 is 8.78 Å². The number of rotatable bonds is 15. The van der Waals surface area contributed by atoms with Gasteiger partial charge in [0.2, 0.25) is 5.88 Å². The Balaban J connectivity index is 0.941. The van der Waals surface area contributed by atoms with E-state index in [0.29, 0.717) is 72.9 Å². The van der Waals surface area contributed by atoms with Crippen molar-refractivity contribution in [2.75, 3.05) is 23.1 Å². The minimum Gasteiger partial charge on any atom is -0.505 e. The number of anilines is 3. The fourth-order valence-electron chi connectivity index (χ4n) is 10.4. The van der Waals surface area contributed by atoms with Gasteiger partial charge in [0.05, 0.1) is 25.2 Å². The van der Waals surface area contributed by atoms with E-state index < -0.39 is 29.8 Å². The number of pyridine rings is 6. The fourth-order valence-corrected chi connectivity index (χ4v) is 10.4. The first-order valence-corrected chi connectivity index (χ1v) is 25.7.